The normalized spacial score (nSPS) is 13.2. The Labute approximate surface area is 124 Å². The molecule has 1 nitrogen and oxygen atoms in total. The van der Waals surface area contributed by atoms with Crippen LogP contribution in [-0.4, -0.2) is 5.37 Å². The molecule has 0 saturated heterocycles. The number of halogens is 3. The van der Waals surface area contributed by atoms with Gasteiger partial charge >= 0.3 is 6.18 Å². The van der Waals surface area contributed by atoms with Gasteiger partial charge in [0.15, 0.2) is 0 Å². The number of benzene rings is 2. The molecule has 0 radical (unpaired) electrons. The first-order valence-electron chi connectivity index (χ1n) is 6.35. The van der Waals surface area contributed by atoms with Gasteiger partial charge in [-0.3, -0.25) is 0 Å². The number of rotatable bonds is 3. The average molecular weight is 312 g/mol. The summed E-state index contributed by atoms with van der Waals surface area (Å²) >= 11 is 0. The zero-order chi connectivity index (χ0) is 15.5. The van der Waals surface area contributed by atoms with Crippen molar-refractivity contribution in [3.63, 3.8) is 0 Å². The lowest BCUT2D eigenvalue weighted by Gasteiger charge is -2.16. The zero-order valence-electron chi connectivity index (χ0n) is 11.6. The van der Waals surface area contributed by atoms with Gasteiger partial charge in [0, 0.05) is 15.7 Å². The van der Waals surface area contributed by atoms with Crippen LogP contribution in [0.5, 0.6) is 5.75 Å². The highest BCUT2D eigenvalue weighted by molar-refractivity contribution is 8.11. The minimum atomic E-state index is -4.42. The van der Waals surface area contributed by atoms with E-state index in [-0.39, 0.29) is 5.75 Å². The highest BCUT2D eigenvalue weighted by Gasteiger charge is 2.34. The molecule has 0 N–H and O–H groups in total. The minimum Gasteiger partial charge on any atom is -0.429 e. The van der Waals surface area contributed by atoms with Crippen molar-refractivity contribution in [2.45, 2.75) is 24.9 Å². The summed E-state index contributed by atoms with van der Waals surface area (Å²) in [4.78, 5) is 0.847. The Bertz CT molecular complexity index is 645. The van der Waals surface area contributed by atoms with Crippen LogP contribution in [0.3, 0.4) is 0 Å². The molecule has 1 atom stereocenters. The van der Waals surface area contributed by atoms with E-state index in [1.807, 2.05) is 31.2 Å². The Morgan fingerprint density at radius 2 is 1.62 bits per heavy atom. The highest BCUT2D eigenvalue weighted by Crippen LogP contribution is 2.39. The fourth-order valence-electron chi connectivity index (χ4n) is 1.77. The van der Waals surface area contributed by atoms with E-state index in [4.69, 9.17) is 4.18 Å². The summed E-state index contributed by atoms with van der Waals surface area (Å²) in [6.45, 7) is 3.73. The first kappa shape index (κ1) is 15.6. The molecule has 0 aromatic heterocycles. The van der Waals surface area contributed by atoms with Crippen molar-refractivity contribution in [3.8, 4) is 5.75 Å². The largest absolute Gasteiger partial charge is 0.429 e. The lowest BCUT2D eigenvalue weighted by atomic mass is 10.2. The van der Waals surface area contributed by atoms with Gasteiger partial charge in [0.1, 0.15) is 5.75 Å². The van der Waals surface area contributed by atoms with Gasteiger partial charge in [0.05, 0.1) is 5.56 Å². The maximum atomic E-state index is 13.0. The second-order valence-electron chi connectivity index (χ2n) is 4.42. The third kappa shape index (κ3) is 3.88. The van der Waals surface area contributed by atoms with Crippen LogP contribution in [0.2, 0.25) is 0 Å². The molecule has 112 valence electrons. The summed E-state index contributed by atoms with van der Waals surface area (Å²) < 4.78 is 44.5. The van der Waals surface area contributed by atoms with Crippen molar-refractivity contribution in [1.82, 2.24) is 0 Å². The van der Waals surface area contributed by atoms with E-state index in [2.05, 4.69) is 0 Å². The predicted molar refractivity (Wildman–Crippen MR) is 80.8 cm³/mol. The molecule has 0 saturated carbocycles. The third-order valence-electron chi connectivity index (χ3n) is 2.84. The Kier molecular flexibility index (Phi) is 4.73. The number of hydrogen-bond donors (Lipinski definition) is 0. The van der Waals surface area contributed by atoms with E-state index in [0.29, 0.717) is 0 Å². The second-order valence-corrected chi connectivity index (χ2v) is 6.13. The molecule has 2 aromatic rings. The van der Waals surface area contributed by atoms with Crippen molar-refractivity contribution in [1.29, 1.82) is 0 Å². The lowest BCUT2D eigenvalue weighted by Crippen LogP contribution is -2.07. The van der Waals surface area contributed by atoms with Crippen molar-refractivity contribution in [2.75, 3.05) is 0 Å². The van der Waals surface area contributed by atoms with Crippen LogP contribution in [0.4, 0.5) is 13.2 Å². The molecule has 0 fully saturated rings. The predicted octanol–water partition coefficient (Wildman–Crippen LogP) is 5.46. The van der Waals surface area contributed by atoms with Gasteiger partial charge in [0.25, 0.3) is 0 Å². The van der Waals surface area contributed by atoms with Crippen molar-refractivity contribution in [3.05, 3.63) is 59.7 Å². The zero-order valence-corrected chi connectivity index (χ0v) is 12.5. The Morgan fingerprint density at radius 3 is 2.19 bits per heavy atom. The molecule has 21 heavy (non-hydrogen) atoms. The van der Waals surface area contributed by atoms with Gasteiger partial charge in [-0.2, -0.15) is 13.2 Å². The van der Waals surface area contributed by atoms with Crippen LogP contribution in [0, 0.1) is 6.92 Å². The molecule has 0 amide bonds. The monoisotopic (exact) mass is 312 g/mol. The molecule has 1 unspecified atom stereocenters. The van der Waals surface area contributed by atoms with E-state index in [1.54, 1.807) is 12.3 Å². The van der Waals surface area contributed by atoms with Crippen molar-refractivity contribution < 1.29 is 17.4 Å². The number of para-hydroxylation sites is 1. The molecule has 0 aliphatic heterocycles. The Morgan fingerprint density at radius 1 is 1.00 bits per heavy atom. The fraction of sp³-hybridized carbons (Fsp3) is 0.188. The topological polar surface area (TPSA) is 9.23 Å². The van der Waals surface area contributed by atoms with E-state index < -0.39 is 22.5 Å². The highest BCUT2D eigenvalue weighted by atomic mass is 32.2. The molecule has 0 bridgehead atoms. The standard InChI is InChI=1S/C16H15F3OS/c1-3-21(13-10-8-12(2)9-11-13)20-15-7-5-4-6-14(15)16(17,18)19/h3-11H,1-2H3. The quantitative estimate of drug-likeness (QED) is 0.684. The summed E-state index contributed by atoms with van der Waals surface area (Å²) in [5, 5.41) is 1.76. The van der Waals surface area contributed by atoms with Crippen LogP contribution in [0.1, 0.15) is 18.1 Å². The molecule has 5 heteroatoms. The molecule has 0 spiro atoms. The first-order valence-corrected chi connectivity index (χ1v) is 7.57. The average Bonchev–Trinajstić information content (AvgIpc) is 2.45. The first-order chi connectivity index (χ1) is 9.91. The molecule has 0 aliphatic rings. The lowest BCUT2D eigenvalue weighted by molar-refractivity contribution is -0.138. The smallest absolute Gasteiger partial charge is 0.420 e. The summed E-state index contributed by atoms with van der Waals surface area (Å²) in [5.41, 5.74) is 0.338. The molecule has 2 aromatic carbocycles. The van der Waals surface area contributed by atoms with E-state index in [9.17, 15) is 13.2 Å². The van der Waals surface area contributed by atoms with Crippen LogP contribution < -0.4 is 4.18 Å². The Hall–Kier alpha value is -1.75. The third-order valence-corrected chi connectivity index (χ3v) is 4.36. The van der Waals surface area contributed by atoms with Gasteiger partial charge in [-0.05, 0) is 43.5 Å². The summed E-state index contributed by atoms with van der Waals surface area (Å²) in [6, 6.07) is 12.8. The van der Waals surface area contributed by atoms with Gasteiger partial charge in [-0.25, -0.2) is 0 Å². The van der Waals surface area contributed by atoms with Gasteiger partial charge in [-0.15, -0.1) is 0 Å². The molecule has 0 heterocycles. The Balaban J connectivity index is 2.34. The van der Waals surface area contributed by atoms with Gasteiger partial charge in [-0.1, -0.05) is 29.8 Å². The van der Waals surface area contributed by atoms with Crippen LogP contribution in [0.25, 0.3) is 0 Å². The summed E-state index contributed by atoms with van der Waals surface area (Å²) in [5.74, 6) is -0.146. The van der Waals surface area contributed by atoms with Crippen molar-refractivity contribution >= 4 is 16.1 Å². The summed E-state index contributed by atoms with van der Waals surface area (Å²) in [7, 11) is -0.824. The maximum Gasteiger partial charge on any atom is 0.420 e. The molecule has 0 aliphatic carbocycles. The van der Waals surface area contributed by atoms with Gasteiger partial charge in [0.2, 0.25) is 0 Å². The van der Waals surface area contributed by atoms with Crippen LogP contribution in [-0.2, 0) is 6.18 Å². The number of aryl methyl sites for hydroxylation is 1. The number of hydrogen-bond acceptors (Lipinski definition) is 1. The van der Waals surface area contributed by atoms with Gasteiger partial charge < -0.3 is 4.18 Å². The molecule has 2 rings (SSSR count). The van der Waals surface area contributed by atoms with E-state index in [0.717, 1.165) is 16.5 Å². The SMILES string of the molecule is C/C=S(\Oc1ccccc1C(F)(F)F)c1ccc(C)cc1. The maximum absolute atomic E-state index is 13.0. The fourth-order valence-corrected chi connectivity index (χ4v) is 2.98. The van der Waals surface area contributed by atoms with E-state index in [1.165, 1.54) is 18.2 Å². The van der Waals surface area contributed by atoms with Crippen molar-refractivity contribution in [2.24, 2.45) is 0 Å². The minimum absolute atomic E-state index is 0.146. The van der Waals surface area contributed by atoms with Crippen LogP contribution >= 0.6 is 10.8 Å². The number of alkyl halides is 3. The summed E-state index contributed by atoms with van der Waals surface area (Å²) in [6.07, 6.45) is -4.42. The molecular weight excluding hydrogens is 297 g/mol. The molecular formula is C16H15F3OS. The van der Waals surface area contributed by atoms with Crippen LogP contribution in [0.15, 0.2) is 53.4 Å². The van der Waals surface area contributed by atoms with E-state index >= 15 is 0 Å². The second kappa shape index (κ2) is 6.35.